The second kappa shape index (κ2) is 13.6. The summed E-state index contributed by atoms with van der Waals surface area (Å²) < 4.78 is 0. The van der Waals surface area contributed by atoms with Crippen molar-refractivity contribution < 1.29 is 0 Å². The third kappa shape index (κ3) is 5.79. The van der Waals surface area contributed by atoms with Gasteiger partial charge < -0.3 is 0 Å². The maximum absolute atomic E-state index is 5.37. The average molecular weight is 678 g/mol. The molecule has 0 saturated heterocycles. The van der Waals surface area contributed by atoms with E-state index < -0.39 is 0 Å². The van der Waals surface area contributed by atoms with Gasteiger partial charge in [-0.1, -0.05) is 164 Å². The van der Waals surface area contributed by atoms with E-state index in [0.717, 1.165) is 44.6 Å². The van der Waals surface area contributed by atoms with Crippen LogP contribution in [0.5, 0.6) is 0 Å². The number of fused-ring (bicyclic) bond motifs is 7. The van der Waals surface area contributed by atoms with Crippen molar-refractivity contribution in [3.63, 3.8) is 0 Å². The highest BCUT2D eigenvalue weighted by molar-refractivity contribution is 6.25. The second-order valence-electron chi connectivity index (χ2n) is 13.2. The molecule has 250 valence electrons. The van der Waals surface area contributed by atoms with E-state index >= 15 is 0 Å². The minimum absolute atomic E-state index is 0.683. The Morgan fingerprint density at radius 3 is 1.85 bits per heavy atom. The molecule has 0 saturated carbocycles. The summed E-state index contributed by atoms with van der Waals surface area (Å²) in [4.78, 5) is 14.7. The third-order valence-corrected chi connectivity index (χ3v) is 10.1. The standard InChI is InChI=1S/C50H35N3/c1-3-12-39(31-51-2)36-15-10-16-37(29-36)48-32-52-50(38-27-28-46-44-20-7-6-18-42(44)43-19-8-9-21-45(43)47(46)30-38)53-49(48)35-25-23-34(24-26-35)41-22-11-14-33-13-4-5-17-40(33)41/h3-32H,1H2,2H3/b39-12+,51-31-. The normalized spacial score (nSPS) is 12.0. The van der Waals surface area contributed by atoms with Crippen LogP contribution in [-0.2, 0) is 0 Å². The molecule has 9 rings (SSSR count). The molecule has 0 aliphatic rings. The Bertz CT molecular complexity index is 2870. The average Bonchev–Trinajstić information content (AvgIpc) is 3.23. The molecule has 3 heteroatoms. The Labute approximate surface area is 309 Å². The summed E-state index contributed by atoms with van der Waals surface area (Å²) in [5.41, 5.74) is 9.25. The van der Waals surface area contributed by atoms with Gasteiger partial charge in [0.1, 0.15) is 0 Å². The molecule has 9 aromatic rings. The van der Waals surface area contributed by atoms with Crippen LogP contribution in [0.4, 0.5) is 0 Å². The fourth-order valence-electron chi connectivity index (χ4n) is 7.63. The van der Waals surface area contributed by atoms with E-state index in [-0.39, 0.29) is 0 Å². The Morgan fingerprint density at radius 2 is 1.13 bits per heavy atom. The smallest absolute Gasteiger partial charge is 0.159 e. The van der Waals surface area contributed by atoms with Crippen molar-refractivity contribution in [3.05, 3.63) is 188 Å². The lowest BCUT2D eigenvalue weighted by Crippen LogP contribution is -1.97. The minimum atomic E-state index is 0.683. The van der Waals surface area contributed by atoms with Crippen molar-refractivity contribution >= 4 is 54.9 Å². The summed E-state index contributed by atoms with van der Waals surface area (Å²) in [7, 11) is 1.78. The number of hydrogen-bond acceptors (Lipinski definition) is 3. The number of nitrogens with zero attached hydrogens (tertiary/aromatic N) is 3. The fourth-order valence-corrected chi connectivity index (χ4v) is 7.63. The first kappa shape index (κ1) is 32.0. The molecule has 1 aromatic heterocycles. The number of benzene rings is 8. The van der Waals surface area contributed by atoms with Crippen molar-refractivity contribution in [2.24, 2.45) is 4.99 Å². The Kier molecular flexibility index (Phi) is 8.22. The van der Waals surface area contributed by atoms with E-state index in [9.17, 15) is 0 Å². The molecular weight excluding hydrogens is 643 g/mol. The first-order valence-electron chi connectivity index (χ1n) is 17.8. The van der Waals surface area contributed by atoms with Gasteiger partial charge in [0.2, 0.25) is 0 Å². The SMILES string of the molecule is C=C/C=C(\C=N/C)c1cccc(-c2cnc(-c3ccc4c5ccccc5c5ccccc5c4c3)nc2-c2ccc(-c3cccc4ccccc34)cc2)c1. The quantitative estimate of drug-likeness (QED) is 0.0956. The molecule has 0 N–H and O–H groups in total. The molecule has 3 nitrogen and oxygen atoms in total. The highest BCUT2D eigenvalue weighted by Gasteiger charge is 2.16. The summed E-state index contributed by atoms with van der Waals surface area (Å²) in [5.74, 6) is 0.683. The van der Waals surface area contributed by atoms with E-state index in [0.29, 0.717) is 5.82 Å². The minimum Gasteiger partial charge on any atom is -0.296 e. The topological polar surface area (TPSA) is 38.1 Å². The number of aromatic nitrogens is 2. The monoisotopic (exact) mass is 677 g/mol. The summed E-state index contributed by atoms with van der Waals surface area (Å²) in [6, 6.07) is 56.2. The number of allylic oxidation sites excluding steroid dienone is 3. The fraction of sp³-hybridized carbons (Fsp3) is 0.0200. The van der Waals surface area contributed by atoms with Gasteiger partial charge in [0.15, 0.2) is 5.82 Å². The molecule has 0 aliphatic carbocycles. The zero-order valence-electron chi connectivity index (χ0n) is 29.4. The lowest BCUT2D eigenvalue weighted by molar-refractivity contribution is 1.18. The van der Waals surface area contributed by atoms with Crippen LogP contribution in [0.25, 0.3) is 93.6 Å². The van der Waals surface area contributed by atoms with Crippen molar-refractivity contribution in [2.45, 2.75) is 0 Å². The summed E-state index contributed by atoms with van der Waals surface area (Å²) in [6.45, 7) is 3.92. The molecule has 0 bridgehead atoms. The number of rotatable bonds is 7. The van der Waals surface area contributed by atoms with E-state index in [1.54, 1.807) is 13.1 Å². The maximum Gasteiger partial charge on any atom is 0.159 e. The zero-order chi connectivity index (χ0) is 35.7. The molecular formula is C50H35N3. The Balaban J connectivity index is 1.22. The lowest BCUT2D eigenvalue weighted by atomic mass is 9.93. The molecule has 8 aromatic carbocycles. The number of hydrogen-bond donors (Lipinski definition) is 0. The van der Waals surface area contributed by atoms with Gasteiger partial charge in [0.25, 0.3) is 0 Å². The van der Waals surface area contributed by atoms with E-state index in [1.807, 2.05) is 18.5 Å². The lowest BCUT2D eigenvalue weighted by Gasteiger charge is -2.15. The van der Waals surface area contributed by atoms with Gasteiger partial charge in [-0.25, -0.2) is 9.97 Å². The maximum atomic E-state index is 5.37. The Morgan fingerprint density at radius 1 is 0.528 bits per heavy atom. The van der Waals surface area contributed by atoms with Crippen LogP contribution in [0.15, 0.2) is 188 Å². The largest absolute Gasteiger partial charge is 0.296 e. The van der Waals surface area contributed by atoms with Crippen molar-refractivity contribution in [2.75, 3.05) is 7.05 Å². The van der Waals surface area contributed by atoms with Crippen LogP contribution in [0.1, 0.15) is 5.56 Å². The van der Waals surface area contributed by atoms with Crippen LogP contribution < -0.4 is 0 Å². The number of aliphatic imine (C=N–C) groups is 1. The second-order valence-corrected chi connectivity index (χ2v) is 13.2. The van der Waals surface area contributed by atoms with E-state index in [4.69, 9.17) is 9.97 Å². The van der Waals surface area contributed by atoms with Gasteiger partial charge in [-0.3, -0.25) is 4.99 Å². The van der Waals surface area contributed by atoms with Crippen molar-refractivity contribution in [1.29, 1.82) is 0 Å². The van der Waals surface area contributed by atoms with Crippen LogP contribution in [-0.4, -0.2) is 23.2 Å². The summed E-state index contributed by atoms with van der Waals surface area (Å²) in [6.07, 6.45) is 7.61. The molecule has 53 heavy (non-hydrogen) atoms. The highest BCUT2D eigenvalue weighted by atomic mass is 14.9. The van der Waals surface area contributed by atoms with Crippen molar-refractivity contribution in [1.82, 2.24) is 9.97 Å². The molecule has 0 atom stereocenters. The molecule has 1 heterocycles. The first-order chi connectivity index (χ1) is 26.2. The first-order valence-corrected chi connectivity index (χ1v) is 17.8. The van der Waals surface area contributed by atoms with Crippen LogP contribution in [0.3, 0.4) is 0 Å². The van der Waals surface area contributed by atoms with Gasteiger partial charge in [0.05, 0.1) is 5.69 Å². The highest BCUT2D eigenvalue weighted by Crippen LogP contribution is 2.39. The molecule has 0 spiro atoms. The van der Waals surface area contributed by atoms with Gasteiger partial charge >= 0.3 is 0 Å². The molecule has 0 amide bonds. The summed E-state index contributed by atoms with van der Waals surface area (Å²) >= 11 is 0. The van der Waals surface area contributed by atoms with Crippen LogP contribution in [0, 0.1) is 0 Å². The van der Waals surface area contributed by atoms with Crippen molar-refractivity contribution in [3.8, 4) is 44.9 Å². The van der Waals surface area contributed by atoms with Gasteiger partial charge in [-0.15, -0.1) is 0 Å². The Hall–Kier alpha value is -6.97. The predicted molar refractivity (Wildman–Crippen MR) is 226 cm³/mol. The van der Waals surface area contributed by atoms with Gasteiger partial charge in [0, 0.05) is 36.1 Å². The predicted octanol–water partition coefficient (Wildman–Crippen LogP) is 13.0. The molecule has 0 unspecified atom stereocenters. The van der Waals surface area contributed by atoms with Crippen LogP contribution >= 0.6 is 0 Å². The van der Waals surface area contributed by atoms with Gasteiger partial charge in [-0.05, 0) is 83.0 Å². The van der Waals surface area contributed by atoms with Gasteiger partial charge in [-0.2, -0.15) is 0 Å². The zero-order valence-corrected chi connectivity index (χ0v) is 29.4. The van der Waals surface area contributed by atoms with E-state index in [1.165, 1.54) is 48.7 Å². The third-order valence-electron chi connectivity index (χ3n) is 10.1. The summed E-state index contributed by atoms with van der Waals surface area (Å²) in [5, 5.41) is 9.85. The molecule has 0 radical (unpaired) electrons. The van der Waals surface area contributed by atoms with E-state index in [2.05, 4.69) is 169 Å². The molecule has 0 aliphatic heterocycles. The van der Waals surface area contributed by atoms with Crippen LogP contribution in [0.2, 0.25) is 0 Å². The molecule has 0 fully saturated rings.